The number of aromatic nitrogens is 2. The molecule has 3 aromatic heterocycles. The van der Waals surface area contributed by atoms with E-state index in [1.807, 2.05) is 0 Å². The molecule has 0 aliphatic rings. The zero-order valence-corrected chi connectivity index (χ0v) is 16.2. The van der Waals surface area contributed by atoms with Crippen molar-refractivity contribution in [1.29, 1.82) is 0 Å². The first-order chi connectivity index (χ1) is 12.0. The van der Waals surface area contributed by atoms with Crippen molar-refractivity contribution in [2.75, 3.05) is 13.2 Å². The number of hydrogen-bond donors (Lipinski definition) is 1. The first-order valence-electron chi connectivity index (χ1n) is 7.65. The molecule has 25 heavy (non-hydrogen) atoms. The number of aromatic amines is 1. The summed E-state index contributed by atoms with van der Waals surface area (Å²) in [5.41, 5.74) is 0.226. The molecule has 0 fully saturated rings. The molecule has 0 aliphatic heterocycles. The van der Waals surface area contributed by atoms with Gasteiger partial charge in [-0.25, -0.2) is 4.79 Å². The largest absolute Gasteiger partial charge is 0.371 e. The summed E-state index contributed by atoms with van der Waals surface area (Å²) in [7, 11) is -3.47. The van der Waals surface area contributed by atoms with E-state index in [2.05, 4.69) is 4.98 Å². The Labute approximate surface area is 151 Å². The predicted octanol–water partition coefficient (Wildman–Crippen LogP) is 2.75. The third-order valence-electron chi connectivity index (χ3n) is 3.52. The molecule has 0 saturated carbocycles. The van der Waals surface area contributed by atoms with Crippen LogP contribution < -0.4 is 15.9 Å². The summed E-state index contributed by atoms with van der Waals surface area (Å²) in [4.78, 5) is 27.5. The highest BCUT2D eigenvalue weighted by molar-refractivity contribution is 7.68. The molecule has 0 unspecified atom stereocenters. The lowest BCUT2D eigenvalue weighted by molar-refractivity contribution is 0.230. The van der Waals surface area contributed by atoms with Gasteiger partial charge in [-0.2, -0.15) is 0 Å². The van der Waals surface area contributed by atoms with E-state index in [9.17, 15) is 14.2 Å². The fourth-order valence-electron chi connectivity index (χ4n) is 2.48. The van der Waals surface area contributed by atoms with Gasteiger partial charge in [0, 0.05) is 10.8 Å². The zero-order valence-electron chi connectivity index (χ0n) is 13.7. The highest BCUT2D eigenvalue weighted by Crippen LogP contribution is 2.49. The minimum Gasteiger partial charge on any atom is -0.306 e. The Morgan fingerprint density at radius 1 is 1.20 bits per heavy atom. The average Bonchev–Trinajstić information content (AvgIpc) is 3.21. The second kappa shape index (κ2) is 7.39. The van der Waals surface area contributed by atoms with Crippen LogP contribution in [0, 0.1) is 0 Å². The monoisotopic (exact) mass is 400 g/mol. The summed E-state index contributed by atoms with van der Waals surface area (Å²) in [6.45, 7) is 3.94. The number of nitrogens with zero attached hydrogens (tertiary/aromatic N) is 1. The van der Waals surface area contributed by atoms with Gasteiger partial charge in [-0.15, -0.1) is 22.7 Å². The Morgan fingerprint density at radius 3 is 2.60 bits per heavy atom. The minimum absolute atomic E-state index is 0.00290. The molecule has 3 aromatic rings. The van der Waals surface area contributed by atoms with Gasteiger partial charge in [0.05, 0.1) is 30.7 Å². The van der Waals surface area contributed by atoms with Crippen molar-refractivity contribution in [3.8, 4) is 0 Å². The molecule has 3 rings (SSSR count). The van der Waals surface area contributed by atoms with Gasteiger partial charge in [-0.1, -0.05) is 0 Å². The fourth-order valence-corrected chi connectivity index (χ4v) is 6.38. The fraction of sp³-hybridized carbons (Fsp3) is 0.333. The number of rotatable bonds is 7. The summed E-state index contributed by atoms with van der Waals surface area (Å²) in [5, 5.41) is 5.62. The molecule has 0 amide bonds. The molecule has 1 N–H and O–H groups in total. The van der Waals surface area contributed by atoms with E-state index < -0.39 is 13.3 Å². The van der Waals surface area contributed by atoms with E-state index in [1.54, 1.807) is 36.1 Å². The molecule has 3 heterocycles. The van der Waals surface area contributed by atoms with Crippen molar-refractivity contribution in [2.45, 2.75) is 20.4 Å². The van der Waals surface area contributed by atoms with Gasteiger partial charge in [0.2, 0.25) is 0 Å². The van der Waals surface area contributed by atoms with Crippen LogP contribution in [0.5, 0.6) is 0 Å². The summed E-state index contributed by atoms with van der Waals surface area (Å²) >= 11 is 2.58. The van der Waals surface area contributed by atoms with Crippen molar-refractivity contribution in [3.63, 3.8) is 0 Å². The van der Waals surface area contributed by atoms with Gasteiger partial charge in [-0.05, 0) is 30.9 Å². The van der Waals surface area contributed by atoms with Crippen molar-refractivity contribution < 1.29 is 13.6 Å². The SMILES string of the molecule is CCOP(=O)(OCC)c1sccc1Cn1c(=O)[nH]c2cscc2c1=O. The van der Waals surface area contributed by atoms with Crippen molar-refractivity contribution in [3.05, 3.63) is 48.6 Å². The molecule has 0 atom stereocenters. The maximum absolute atomic E-state index is 13.0. The Morgan fingerprint density at radius 2 is 1.92 bits per heavy atom. The molecule has 0 aliphatic carbocycles. The third kappa shape index (κ3) is 3.43. The molecule has 0 radical (unpaired) electrons. The lowest BCUT2D eigenvalue weighted by Crippen LogP contribution is -2.35. The maximum atomic E-state index is 13.0. The second-order valence-electron chi connectivity index (χ2n) is 5.10. The van der Waals surface area contributed by atoms with Gasteiger partial charge in [0.15, 0.2) is 0 Å². The topological polar surface area (TPSA) is 90.4 Å². The Hall–Kier alpha value is -1.51. The molecule has 0 aromatic carbocycles. The molecular formula is C15H17N2O5PS2. The standard InChI is InChI=1S/C15H17N2O5PS2/c1-3-21-23(20,22-4-2)14-10(5-6-25-14)7-17-13(18)11-8-24-9-12(11)16-15(17)19/h5-6,8-9H,3-4,7H2,1-2H3,(H,16,19). The molecule has 0 saturated heterocycles. The number of fused-ring (bicyclic) bond motifs is 1. The maximum Gasteiger partial charge on any atom is 0.371 e. The van der Waals surface area contributed by atoms with Gasteiger partial charge >= 0.3 is 13.3 Å². The summed E-state index contributed by atoms with van der Waals surface area (Å²) in [6, 6.07) is 1.73. The third-order valence-corrected chi connectivity index (χ3v) is 7.99. The molecular weight excluding hydrogens is 383 g/mol. The number of thiophene rings is 2. The quantitative estimate of drug-likeness (QED) is 0.616. The first-order valence-corrected chi connectivity index (χ1v) is 11.0. The molecule has 10 heteroatoms. The van der Waals surface area contributed by atoms with Crippen molar-refractivity contribution in [1.82, 2.24) is 9.55 Å². The van der Waals surface area contributed by atoms with E-state index in [0.717, 1.165) is 4.57 Å². The van der Waals surface area contributed by atoms with Crippen LogP contribution in [0.2, 0.25) is 0 Å². The normalized spacial score (nSPS) is 12.1. The van der Waals surface area contributed by atoms with Crippen LogP contribution >= 0.6 is 30.3 Å². The Bertz CT molecular complexity index is 1040. The Kier molecular flexibility index (Phi) is 5.41. The van der Waals surface area contributed by atoms with E-state index >= 15 is 0 Å². The second-order valence-corrected chi connectivity index (χ2v) is 9.03. The van der Waals surface area contributed by atoms with Crippen LogP contribution in [0.15, 0.2) is 31.8 Å². The zero-order chi connectivity index (χ0) is 18.0. The smallest absolute Gasteiger partial charge is 0.306 e. The van der Waals surface area contributed by atoms with Gasteiger partial charge in [0.25, 0.3) is 5.56 Å². The molecule has 0 bridgehead atoms. The molecule has 7 nitrogen and oxygen atoms in total. The predicted molar refractivity (Wildman–Crippen MR) is 101 cm³/mol. The lowest BCUT2D eigenvalue weighted by atomic mass is 10.3. The van der Waals surface area contributed by atoms with Gasteiger partial charge in [0.1, 0.15) is 4.62 Å². The van der Waals surface area contributed by atoms with Crippen LogP contribution in [0.3, 0.4) is 0 Å². The summed E-state index contributed by atoms with van der Waals surface area (Å²) in [6.07, 6.45) is 0. The minimum atomic E-state index is -3.47. The van der Waals surface area contributed by atoms with Crippen molar-refractivity contribution >= 4 is 45.8 Å². The van der Waals surface area contributed by atoms with Gasteiger partial charge < -0.3 is 14.0 Å². The first kappa shape index (κ1) is 18.3. The van der Waals surface area contributed by atoms with Crippen LogP contribution in [0.4, 0.5) is 0 Å². The van der Waals surface area contributed by atoms with Crippen LogP contribution in [0.25, 0.3) is 10.9 Å². The van der Waals surface area contributed by atoms with E-state index in [4.69, 9.17) is 9.05 Å². The highest BCUT2D eigenvalue weighted by Gasteiger charge is 2.31. The highest BCUT2D eigenvalue weighted by atomic mass is 32.1. The summed E-state index contributed by atoms with van der Waals surface area (Å²) in [5.74, 6) is 0. The Balaban J connectivity index is 2.06. The van der Waals surface area contributed by atoms with Crippen LogP contribution in [-0.2, 0) is 20.2 Å². The number of hydrogen-bond acceptors (Lipinski definition) is 7. The van der Waals surface area contributed by atoms with Crippen LogP contribution in [-0.4, -0.2) is 22.8 Å². The van der Waals surface area contributed by atoms with Gasteiger partial charge in [-0.3, -0.25) is 13.9 Å². The van der Waals surface area contributed by atoms with Crippen molar-refractivity contribution in [2.24, 2.45) is 0 Å². The van der Waals surface area contributed by atoms with Crippen LogP contribution in [0.1, 0.15) is 19.4 Å². The molecule has 134 valence electrons. The number of H-pyrrole nitrogens is 1. The molecule has 0 spiro atoms. The lowest BCUT2D eigenvalue weighted by Gasteiger charge is -2.17. The number of nitrogens with one attached hydrogen (secondary N) is 1. The average molecular weight is 400 g/mol. The van der Waals surface area contributed by atoms with E-state index in [-0.39, 0.29) is 25.3 Å². The van der Waals surface area contributed by atoms with E-state index in [1.165, 1.54) is 22.7 Å². The summed E-state index contributed by atoms with van der Waals surface area (Å²) < 4.78 is 25.3. The van der Waals surface area contributed by atoms with E-state index in [0.29, 0.717) is 21.1 Å².